The van der Waals surface area contributed by atoms with Gasteiger partial charge in [0.05, 0.1) is 0 Å². The minimum absolute atomic E-state index is 0.613. The molecule has 1 nitrogen and oxygen atoms in total. The Balaban J connectivity index is 1.34. The second kappa shape index (κ2) is 11.8. The number of hydrogen-bond acceptors (Lipinski definition) is 1. The zero-order chi connectivity index (χ0) is 27.1. The summed E-state index contributed by atoms with van der Waals surface area (Å²) in [7, 11) is 0. The van der Waals surface area contributed by atoms with E-state index in [9.17, 15) is 0 Å². The molecule has 210 valence electrons. The van der Waals surface area contributed by atoms with Crippen molar-refractivity contribution in [3.8, 4) is 0 Å². The number of nitrogens with zero attached hydrogens (tertiary/aromatic N) is 1. The second-order valence-electron chi connectivity index (χ2n) is 14.7. The first-order chi connectivity index (χ1) is 19.0. The minimum atomic E-state index is 0.613. The topological polar surface area (TPSA) is 3.24 Å². The molecule has 2 aromatic rings. The molecule has 4 aliphatic rings. The molecule has 6 rings (SSSR count). The van der Waals surface area contributed by atoms with Gasteiger partial charge in [-0.1, -0.05) is 127 Å². The number of fused-ring (bicyclic) bond motifs is 2. The Kier molecular flexibility index (Phi) is 8.33. The van der Waals surface area contributed by atoms with Crippen LogP contribution >= 0.6 is 0 Å². The highest BCUT2D eigenvalue weighted by Gasteiger charge is 2.57. The average molecular weight is 524 g/mol. The Bertz CT molecular complexity index is 1040. The standard InChI is InChI=1S/C37H54BN/c1-25(2)39(26(3)4)38(36-23-22-32-30(18-12-20-33(32)36)28-14-8-6-9-15-28)37-27(5)24-35-31(19-13-21-34(35)37)29-16-10-7-11-17-29/h6-11,14-17,25-27,30-37H,12-13,18-24H2,1-5H3/t27-,30?,31?,32?,33?,34?,35?,36?,37?/m1/s1. The predicted octanol–water partition coefficient (Wildman–Crippen LogP) is 10.1. The van der Waals surface area contributed by atoms with Crippen molar-refractivity contribution in [2.24, 2.45) is 29.6 Å². The molecule has 0 bridgehead atoms. The fourth-order valence-corrected chi connectivity index (χ4v) is 11.2. The first kappa shape index (κ1) is 27.6. The first-order valence-corrected chi connectivity index (χ1v) is 16.8. The van der Waals surface area contributed by atoms with Crippen LogP contribution in [0, 0.1) is 29.6 Å². The van der Waals surface area contributed by atoms with Crippen molar-refractivity contribution in [3.05, 3.63) is 71.8 Å². The van der Waals surface area contributed by atoms with Crippen LogP contribution in [0.3, 0.4) is 0 Å². The van der Waals surface area contributed by atoms with Crippen LogP contribution in [0.2, 0.25) is 11.6 Å². The van der Waals surface area contributed by atoms with Gasteiger partial charge in [0.2, 0.25) is 6.85 Å². The molecular formula is C37H54BN. The van der Waals surface area contributed by atoms with Crippen LogP contribution in [0.4, 0.5) is 0 Å². The van der Waals surface area contributed by atoms with E-state index in [1.54, 1.807) is 11.1 Å². The largest absolute Gasteiger partial charge is 0.337 e. The van der Waals surface area contributed by atoms with Crippen molar-refractivity contribution in [3.63, 3.8) is 0 Å². The molecule has 0 aliphatic heterocycles. The van der Waals surface area contributed by atoms with E-state index in [2.05, 4.69) is 100 Å². The summed E-state index contributed by atoms with van der Waals surface area (Å²) >= 11 is 0. The normalized spacial score (nSPS) is 36.4. The summed E-state index contributed by atoms with van der Waals surface area (Å²) in [5.41, 5.74) is 3.25. The molecule has 0 aromatic heterocycles. The van der Waals surface area contributed by atoms with Gasteiger partial charge in [-0.3, -0.25) is 0 Å². The van der Waals surface area contributed by atoms with E-state index in [0.29, 0.717) is 12.1 Å². The van der Waals surface area contributed by atoms with E-state index in [-0.39, 0.29) is 0 Å². The number of hydrogen-bond donors (Lipinski definition) is 0. The van der Waals surface area contributed by atoms with Gasteiger partial charge in [-0.15, -0.1) is 0 Å². The molecule has 0 radical (unpaired) electrons. The lowest BCUT2D eigenvalue weighted by atomic mass is 9.34. The van der Waals surface area contributed by atoms with Gasteiger partial charge in [0.25, 0.3) is 0 Å². The van der Waals surface area contributed by atoms with Gasteiger partial charge in [0.1, 0.15) is 0 Å². The Hall–Kier alpha value is -1.54. The van der Waals surface area contributed by atoms with Crippen LogP contribution in [-0.2, 0) is 0 Å². The summed E-state index contributed by atoms with van der Waals surface area (Å²) in [5.74, 6) is 7.70. The Labute approximate surface area is 240 Å². The smallest absolute Gasteiger partial charge is 0.230 e. The summed E-state index contributed by atoms with van der Waals surface area (Å²) < 4.78 is 0. The minimum Gasteiger partial charge on any atom is -0.337 e. The summed E-state index contributed by atoms with van der Waals surface area (Å²) in [6.07, 6.45) is 13.0. The lowest BCUT2D eigenvalue weighted by Gasteiger charge is -2.49. The Morgan fingerprint density at radius 2 is 1.15 bits per heavy atom. The average Bonchev–Trinajstić information content (AvgIpc) is 3.52. The molecule has 0 heterocycles. The molecule has 0 spiro atoms. The van der Waals surface area contributed by atoms with E-state index >= 15 is 0 Å². The van der Waals surface area contributed by atoms with Gasteiger partial charge < -0.3 is 4.81 Å². The lowest BCUT2D eigenvalue weighted by Crippen LogP contribution is -2.55. The number of rotatable bonds is 7. The van der Waals surface area contributed by atoms with Gasteiger partial charge in [-0.2, -0.15) is 0 Å². The quantitative estimate of drug-likeness (QED) is 0.326. The van der Waals surface area contributed by atoms with Crippen LogP contribution in [0.1, 0.15) is 115 Å². The molecule has 2 heteroatoms. The van der Waals surface area contributed by atoms with Crippen LogP contribution in [-0.4, -0.2) is 23.7 Å². The van der Waals surface area contributed by atoms with E-state index in [1.807, 2.05) is 0 Å². The van der Waals surface area contributed by atoms with Crippen LogP contribution in [0.15, 0.2) is 60.7 Å². The zero-order valence-corrected chi connectivity index (χ0v) is 25.5. The molecule has 8 unspecified atom stereocenters. The molecule has 9 atom stereocenters. The third kappa shape index (κ3) is 5.18. The highest BCUT2D eigenvalue weighted by atomic mass is 15.1. The van der Waals surface area contributed by atoms with Gasteiger partial charge in [-0.25, -0.2) is 0 Å². The molecule has 39 heavy (non-hydrogen) atoms. The van der Waals surface area contributed by atoms with Crippen LogP contribution < -0.4 is 0 Å². The summed E-state index contributed by atoms with van der Waals surface area (Å²) in [5, 5.41) is 0. The third-order valence-electron chi connectivity index (χ3n) is 12.2. The maximum absolute atomic E-state index is 3.04. The molecule has 2 aromatic carbocycles. The van der Waals surface area contributed by atoms with Gasteiger partial charge in [-0.05, 0) is 102 Å². The predicted molar refractivity (Wildman–Crippen MR) is 168 cm³/mol. The Morgan fingerprint density at radius 1 is 0.615 bits per heavy atom. The van der Waals surface area contributed by atoms with Crippen molar-refractivity contribution in [1.82, 2.24) is 4.81 Å². The second-order valence-corrected chi connectivity index (χ2v) is 14.7. The molecule has 4 aliphatic carbocycles. The number of benzene rings is 2. The summed E-state index contributed by atoms with van der Waals surface area (Å²) in [6.45, 7) is 13.4. The molecule has 4 saturated carbocycles. The van der Waals surface area contributed by atoms with Crippen molar-refractivity contribution in [2.75, 3.05) is 0 Å². The first-order valence-electron chi connectivity index (χ1n) is 16.8. The monoisotopic (exact) mass is 523 g/mol. The van der Waals surface area contributed by atoms with Crippen LogP contribution in [0.25, 0.3) is 0 Å². The van der Waals surface area contributed by atoms with Gasteiger partial charge >= 0.3 is 0 Å². The van der Waals surface area contributed by atoms with Crippen molar-refractivity contribution in [1.29, 1.82) is 0 Å². The van der Waals surface area contributed by atoms with E-state index in [4.69, 9.17) is 0 Å². The van der Waals surface area contributed by atoms with Gasteiger partial charge in [0, 0.05) is 0 Å². The fraction of sp³-hybridized carbons (Fsp3) is 0.676. The fourth-order valence-electron chi connectivity index (χ4n) is 11.2. The highest BCUT2D eigenvalue weighted by Crippen LogP contribution is 2.63. The van der Waals surface area contributed by atoms with E-state index in [1.165, 1.54) is 57.8 Å². The molecule has 0 saturated heterocycles. The highest BCUT2D eigenvalue weighted by molar-refractivity contribution is 6.60. The maximum atomic E-state index is 3.04. The van der Waals surface area contributed by atoms with Crippen molar-refractivity contribution >= 4 is 6.85 Å². The Morgan fingerprint density at radius 3 is 1.72 bits per heavy atom. The van der Waals surface area contributed by atoms with Crippen molar-refractivity contribution < 1.29 is 0 Å². The van der Waals surface area contributed by atoms with Crippen molar-refractivity contribution in [2.45, 2.75) is 128 Å². The molecular weight excluding hydrogens is 469 g/mol. The SMILES string of the molecule is CC(C)N(B(C1CCC2C(c3ccccc3)CCCC12)C1C2CCCC(c3ccccc3)C2C[C@H]1C)C(C)C. The summed E-state index contributed by atoms with van der Waals surface area (Å²) in [6, 6.07) is 24.5. The van der Waals surface area contributed by atoms with Gasteiger partial charge in [0.15, 0.2) is 0 Å². The van der Waals surface area contributed by atoms with E-state index < -0.39 is 0 Å². The molecule has 0 amide bonds. The third-order valence-corrected chi connectivity index (χ3v) is 12.2. The maximum Gasteiger partial charge on any atom is 0.230 e. The zero-order valence-electron chi connectivity index (χ0n) is 25.5. The van der Waals surface area contributed by atoms with Crippen LogP contribution in [0.5, 0.6) is 0 Å². The molecule has 0 N–H and O–H groups in total. The molecule has 4 fully saturated rings. The summed E-state index contributed by atoms with van der Waals surface area (Å²) in [4.78, 5) is 3.04. The van der Waals surface area contributed by atoms with E-state index in [0.717, 1.165) is 59.9 Å². The lowest BCUT2D eigenvalue weighted by molar-refractivity contribution is 0.211.